The number of hydrogen-bond donors (Lipinski definition) is 0. The van der Waals surface area contributed by atoms with E-state index >= 15 is 0 Å². The van der Waals surface area contributed by atoms with Crippen LogP contribution in [0.25, 0.3) is 11.4 Å². The Hall–Kier alpha value is -3.04. The van der Waals surface area contributed by atoms with E-state index < -0.39 is 34.4 Å². The van der Waals surface area contributed by atoms with E-state index in [2.05, 4.69) is 25.1 Å². The van der Waals surface area contributed by atoms with E-state index in [1.165, 1.54) is 31.8 Å². The van der Waals surface area contributed by atoms with Gasteiger partial charge in [-0.2, -0.15) is 13.2 Å². The summed E-state index contributed by atoms with van der Waals surface area (Å²) in [4.78, 5) is 11.9. The molecule has 3 aromatic rings. The highest BCUT2D eigenvalue weighted by Gasteiger charge is 2.33. The van der Waals surface area contributed by atoms with E-state index in [1.807, 2.05) is 0 Å². The van der Waals surface area contributed by atoms with E-state index in [4.69, 9.17) is 25.8 Å². The molecule has 1 atom stereocenters. The van der Waals surface area contributed by atoms with Gasteiger partial charge in [0.25, 0.3) is 5.88 Å². The van der Waals surface area contributed by atoms with E-state index in [1.54, 1.807) is 4.57 Å². The lowest BCUT2D eigenvalue weighted by atomic mass is 10.2. The predicted octanol–water partition coefficient (Wildman–Crippen LogP) is 2.46. The van der Waals surface area contributed by atoms with Crippen molar-refractivity contribution in [2.24, 2.45) is 0 Å². The highest BCUT2D eigenvalue weighted by Crippen LogP contribution is 2.40. The summed E-state index contributed by atoms with van der Waals surface area (Å²) in [7, 11) is -2.24. The molecule has 11 nitrogen and oxygen atoms in total. The number of aromatic nitrogens is 6. The van der Waals surface area contributed by atoms with E-state index in [9.17, 15) is 21.6 Å². The zero-order valence-corrected chi connectivity index (χ0v) is 20.3. The van der Waals surface area contributed by atoms with Gasteiger partial charge >= 0.3 is 6.18 Å². The van der Waals surface area contributed by atoms with E-state index in [-0.39, 0.29) is 54.2 Å². The first kappa shape index (κ1) is 26.0. The fraction of sp³-hybridized carbons (Fsp3) is 0.450. The Morgan fingerprint density at radius 2 is 1.97 bits per heavy atom. The SMILES string of the molecule is COC[C@H]1COc2c(ccnc2OCC(F)(F)F)-c2nnc(CS(=O)(=O)CCc3ncc(Cl)cn3)n21. The van der Waals surface area contributed by atoms with Gasteiger partial charge in [0.2, 0.25) is 0 Å². The molecule has 1 aliphatic rings. The van der Waals surface area contributed by atoms with Gasteiger partial charge in [-0.15, -0.1) is 10.2 Å². The molecule has 0 saturated heterocycles. The number of halogens is 4. The zero-order chi connectivity index (χ0) is 25.9. The highest BCUT2D eigenvalue weighted by atomic mass is 35.5. The molecule has 0 amide bonds. The molecule has 3 aromatic heterocycles. The fourth-order valence-electron chi connectivity index (χ4n) is 3.54. The summed E-state index contributed by atoms with van der Waals surface area (Å²) in [5.74, 6) is -0.492. The summed E-state index contributed by atoms with van der Waals surface area (Å²) >= 11 is 5.76. The smallest absolute Gasteiger partial charge is 0.422 e. The number of aryl methyl sites for hydroxylation is 1. The Balaban J connectivity index is 1.63. The quantitative estimate of drug-likeness (QED) is 0.393. The van der Waals surface area contributed by atoms with Gasteiger partial charge in [0.15, 0.2) is 28.0 Å². The Kier molecular flexibility index (Phi) is 7.61. The first-order valence-corrected chi connectivity index (χ1v) is 12.7. The maximum atomic E-state index is 12.9. The number of hydrogen-bond acceptors (Lipinski definition) is 10. The third kappa shape index (κ3) is 6.20. The number of fused-ring (bicyclic) bond motifs is 3. The molecule has 0 aliphatic carbocycles. The summed E-state index contributed by atoms with van der Waals surface area (Å²) in [6.07, 6.45) is -0.510. The lowest BCUT2D eigenvalue weighted by molar-refractivity contribution is -0.154. The second-order valence-electron chi connectivity index (χ2n) is 7.79. The minimum atomic E-state index is -4.58. The minimum Gasteiger partial charge on any atom is -0.485 e. The molecular formula is C20H20ClF3N6O5S. The monoisotopic (exact) mass is 548 g/mol. The van der Waals surface area contributed by atoms with E-state index in [0.717, 1.165) is 0 Å². The Bertz CT molecular complexity index is 1320. The maximum Gasteiger partial charge on any atom is 0.422 e. The molecular weight excluding hydrogens is 529 g/mol. The van der Waals surface area contributed by atoms with Crippen LogP contribution in [0.1, 0.15) is 17.7 Å². The number of nitrogens with zero attached hydrogens (tertiary/aromatic N) is 6. The normalized spacial score (nSPS) is 15.5. The van der Waals surface area contributed by atoms with Crippen molar-refractivity contribution in [1.82, 2.24) is 29.7 Å². The number of pyridine rings is 1. The van der Waals surface area contributed by atoms with Crippen molar-refractivity contribution in [2.75, 3.05) is 32.7 Å². The molecule has 0 aromatic carbocycles. The van der Waals surface area contributed by atoms with Crippen LogP contribution in [0.2, 0.25) is 5.02 Å². The Morgan fingerprint density at radius 3 is 2.67 bits per heavy atom. The summed E-state index contributed by atoms with van der Waals surface area (Å²) in [5, 5.41) is 8.53. The van der Waals surface area contributed by atoms with Gasteiger partial charge in [-0.05, 0) is 6.07 Å². The lowest BCUT2D eigenvalue weighted by Gasteiger charge is -2.19. The third-order valence-corrected chi connectivity index (χ3v) is 6.77. The van der Waals surface area contributed by atoms with Crippen LogP contribution in [0, 0.1) is 0 Å². The predicted molar refractivity (Wildman–Crippen MR) is 119 cm³/mol. The maximum absolute atomic E-state index is 12.9. The van der Waals surface area contributed by atoms with Crippen LogP contribution in [0.15, 0.2) is 24.7 Å². The molecule has 1 aliphatic heterocycles. The van der Waals surface area contributed by atoms with Crippen molar-refractivity contribution in [2.45, 2.75) is 24.4 Å². The van der Waals surface area contributed by atoms with Gasteiger partial charge in [-0.3, -0.25) is 0 Å². The molecule has 4 heterocycles. The third-order valence-electron chi connectivity index (χ3n) is 5.06. The molecule has 16 heteroatoms. The van der Waals surface area contributed by atoms with Gasteiger partial charge in [0.05, 0.1) is 29.0 Å². The van der Waals surface area contributed by atoms with Gasteiger partial charge in [-0.1, -0.05) is 11.6 Å². The molecule has 0 radical (unpaired) electrons. The van der Waals surface area contributed by atoms with Crippen LogP contribution in [0.4, 0.5) is 13.2 Å². The van der Waals surface area contributed by atoms with Crippen LogP contribution < -0.4 is 9.47 Å². The number of ether oxygens (including phenoxy) is 3. The van der Waals surface area contributed by atoms with Crippen LogP contribution in [0.3, 0.4) is 0 Å². The largest absolute Gasteiger partial charge is 0.485 e. The highest BCUT2D eigenvalue weighted by molar-refractivity contribution is 7.90. The first-order valence-electron chi connectivity index (χ1n) is 10.5. The number of methoxy groups -OCH3 is 1. The molecule has 0 bridgehead atoms. The average Bonchev–Trinajstić information content (AvgIpc) is 3.14. The molecule has 0 saturated carbocycles. The van der Waals surface area contributed by atoms with Crippen molar-refractivity contribution >= 4 is 21.4 Å². The Morgan fingerprint density at radius 1 is 1.22 bits per heavy atom. The Labute approximate surface area is 208 Å². The van der Waals surface area contributed by atoms with Crippen LogP contribution in [-0.4, -0.2) is 77.0 Å². The summed E-state index contributed by atoms with van der Waals surface area (Å²) < 4.78 is 81.3. The summed E-state index contributed by atoms with van der Waals surface area (Å²) in [6, 6.07) is 0.898. The second kappa shape index (κ2) is 10.5. The molecule has 0 N–H and O–H groups in total. The van der Waals surface area contributed by atoms with Gasteiger partial charge < -0.3 is 18.8 Å². The van der Waals surface area contributed by atoms with Crippen LogP contribution in [0.5, 0.6) is 11.6 Å². The molecule has 0 spiro atoms. The lowest BCUT2D eigenvalue weighted by Crippen LogP contribution is -2.25. The number of alkyl halides is 3. The van der Waals surface area contributed by atoms with Gasteiger partial charge in [0.1, 0.15) is 24.0 Å². The second-order valence-corrected chi connectivity index (χ2v) is 10.4. The molecule has 0 unspecified atom stereocenters. The van der Waals surface area contributed by atoms with E-state index in [0.29, 0.717) is 10.8 Å². The number of rotatable bonds is 9. The van der Waals surface area contributed by atoms with Crippen LogP contribution >= 0.6 is 11.6 Å². The molecule has 194 valence electrons. The average molecular weight is 549 g/mol. The molecule has 4 rings (SSSR count). The van der Waals surface area contributed by atoms with Crippen molar-refractivity contribution in [3.05, 3.63) is 41.3 Å². The fourth-order valence-corrected chi connectivity index (χ4v) is 4.87. The van der Waals surface area contributed by atoms with Crippen LogP contribution in [-0.2, 0) is 26.7 Å². The summed E-state index contributed by atoms with van der Waals surface area (Å²) in [6.45, 7) is -1.54. The summed E-state index contributed by atoms with van der Waals surface area (Å²) in [5.41, 5.74) is 0.256. The van der Waals surface area contributed by atoms with Crippen molar-refractivity contribution in [1.29, 1.82) is 0 Å². The van der Waals surface area contributed by atoms with Crippen molar-refractivity contribution in [3.8, 4) is 23.0 Å². The zero-order valence-electron chi connectivity index (χ0n) is 18.8. The standard InChI is InChI=1S/C20H20ClF3N6O5S/c1-33-8-13-9-34-17-14(2-4-25-19(17)35-11-20(22,23)24)18-29-28-16(30(13)18)10-36(31,32)5-3-15-26-6-12(21)7-27-15/h2,4,6-7,13H,3,5,8-11H2,1H3/t13-/m0/s1. The number of sulfone groups is 1. The van der Waals surface area contributed by atoms with Crippen molar-refractivity contribution in [3.63, 3.8) is 0 Å². The van der Waals surface area contributed by atoms with Gasteiger partial charge in [-0.25, -0.2) is 23.4 Å². The minimum absolute atomic E-state index is 0.0525. The topological polar surface area (TPSA) is 131 Å². The molecule has 36 heavy (non-hydrogen) atoms. The first-order chi connectivity index (χ1) is 17.1. The van der Waals surface area contributed by atoms with Crippen molar-refractivity contribution < 1.29 is 35.8 Å². The molecule has 0 fully saturated rings. The van der Waals surface area contributed by atoms with Gasteiger partial charge in [0, 0.05) is 32.1 Å².